The van der Waals surface area contributed by atoms with Gasteiger partial charge in [0.1, 0.15) is 5.75 Å². The Morgan fingerprint density at radius 1 is 1.20 bits per heavy atom. The van der Waals surface area contributed by atoms with Gasteiger partial charge >= 0.3 is 0 Å². The van der Waals surface area contributed by atoms with Gasteiger partial charge in [-0.1, -0.05) is 0 Å². The molecule has 0 bridgehead atoms. The summed E-state index contributed by atoms with van der Waals surface area (Å²) in [6.45, 7) is 3.71. The Bertz CT molecular complexity index is 788. The van der Waals surface area contributed by atoms with Gasteiger partial charge in [0.2, 0.25) is 0 Å². The number of primary amides is 1. The molecule has 1 aromatic carbocycles. The van der Waals surface area contributed by atoms with Gasteiger partial charge in [-0.05, 0) is 38.1 Å². The van der Waals surface area contributed by atoms with Gasteiger partial charge in [-0.15, -0.1) is 0 Å². The summed E-state index contributed by atoms with van der Waals surface area (Å²) >= 11 is 0. The van der Waals surface area contributed by atoms with Gasteiger partial charge in [0.25, 0.3) is 11.8 Å². The number of aromatic nitrogens is 1. The molecule has 0 radical (unpaired) electrons. The van der Waals surface area contributed by atoms with Gasteiger partial charge in [-0.2, -0.15) is 0 Å². The average molecular weight is 342 g/mol. The summed E-state index contributed by atoms with van der Waals surface area (Å²) in [6, 6.07) is 6.53. The number of hydrogen-bond acceptors (Lipinski definition) is 5. The lowest BCUT2D eigenvalue weighted by molar-refractivity contribution is 0.0990. The molecule has 0 aliphatic heterocycles. The highest BCUT2D eigenvalue weighted by molar-refractivity contribution is 6.08. The molecule has 0 atom stereocenters. The van der Waals surface area contributed by atoms with Crippen molar-refractivity contribution in [2.75, 3.05) is 24.3 Å². The van der Waals surface area contributed by atoms with Crippen molar-refractivity contribution in [2.45, 2.75) is 20.0 Å². The van der Waals surface area contributed by atoms with E-state index in [-0.39, 0.29) is 17.6 Å². The minimum absolute atomic E-state index is 0.100. The third-order valence-corrected chi connectivity index (χ3v) is 3.39. The van der Waals surface area contributed by atoms with Gasteiger partial charge in [0, 0.05) is 32.2 Å². The van der Waals surface area contributed by atoms with Crippen molar-refractivity contribution in [1.82, 2.24) is 4.98 Å². The largest absolute Gasteiger partial charge is 0.490 e. The van der Waals surface area contributed by atoms with Crippen LogP contribution in [0.15, 0.2) is 36.7 Å². The Hall–Kier alpha value is -3.09. The lowest BCUT2D eigenvalue weighted by atomic mass is 10.1. The van der Waals surface area contributed by atoms with Crippen molar-refractivity contribution in [1.29, 1.82) is 0 Å². The molecule has 1 aromatic heterocycles. The van der Waals surface area contributed by atoms with E-state index in [0.29, 0.717) is 17.0 Å². The first kappa shape index (κ1) is 18.3. The second-order valence-electron chi connectivity index (χ2n) is 5.98. The van der Waals surface area contributed by atoms with E-state index in [2.05, 4.69) is 10.3 Å². The fraction of sp³-hybridized carbons (Fsp3) is 0.278. The summed E-state index contributed by atoms with van der Waals surface area (Å²) in [4.78, 5) is 30.1. The zero-order valence-corrected chi connectivity index (χ0v) is 14.7. The molecule has 0 aliphatic rings. The standard InChI is InChI=1S/C18H22N4O3/c1-11(2)25-16-6-5-12(9-13(16)17(19)23)21-18(24)14-10-20-8-7-15(14)22(3)4/h5-11H,1-4H3,(H2,19,23)(H,21,24). The number of carbonyl (C=O) groups excluding carboxylic acids is 2. The number of rotatable bonds is 6. The molecule has 25 heavy (non-hydrogen) atoms. The van der Waals surface area contributed by atoms with Crippen molar-refractivity contribution in [3.8, 4) is 5.75 Å². The Kier molecular flexibility index (Phi) is 5.59. The number of nitrogens with two attached hydrogens (primary N) is 1. The highest BCUT2D eigenvalue weighted by Crippen LogP contribution is 2.25. The number of pyridine rings is 1. The van der Waals surface area contributed by atoms with Crippen LogP contribution in [0.25, 0.3) is 0 Å². The summed E-state index contributed by atoms with van der Waals surface area (Å²) < 4.78 is 5.57. The maximum Gasteiger partial charge on any atom is 0.259 e. The van der Waals surface area contributed by atoms with Crippen LogP contribution >= 0.6 is 0 Å². The molecule has 0 saturated heterocycles. The van der Waals surface area contributed by atoms with Gasteiger partial charge in [-0.3, -0.25) is 14.6 Å². The van der Waals surface area contributed by atoms with E-state index in [0.717, 1.165) is 5.69 Å². The fourth-order valence-corrected chi connectivity index (χ4v) is 2.31. The van der Waals surface area contributed by atoms with E-state index in [1.165, 1.54) is 12.3 Å². The Labute approximate surface area is 146 Å². The molecule has 2 amide bonds. The molecule has 0 aliphatic carbocycles. The van der Waals surface area contributed by atoms with Crippen LogP contribution in [0.4, 0.5) is 11.4 Å². The highest BCUT2D eigenvalue weighted by atomic mass is 16.5. The molecule has 0 unspecified atom stereocenters. The first-order valence-corrected chi connectivity index (χ1v) is 7.82. The second kappa shape index (κ2) is 7.65. The number of nitrogens with zero attached hydrogens (tertiary/aromatic N) is 2. The van der Waals surface area contributed by atoms with Crippen LogP contribution in [0.2, 0.25) is 0 Å². The van der Waals surface area contributed by atoms with E-state index < -0.39 is 5.91 Å². The van der Waals surface area contributed by atoms with Crippen molar-refractivity contribution in [2.24, 2.45) is 5.73 Å². The fourth-order valence-electron chi connectivity index (χ4n) is 2.31. The number of amides is 2. The molecular formula is C18H22N4O3. The molecule has 0 fully saturated rings. The van der Waals surface area contributed by atoms with Crippen molar-refractivity contribution in [3.63, 3.8) is 0 Å². The van der Waals surface area contributed by atoms with E-state index in [1.54, 1.807) is 24.4 Å². The van der Waals surface area contributed by atoms with Gasteiger partial charge in [0.05, 0.1) is 22.9 Å². The predicted molar refractivity (Wildman–Crippen MR) is 97.2 cm³/mol. The van der Waals surface area contributed by atoms with Crippen LogP contribution in [-0.4, -0.2) is 37.0 Å². The number of anilines is 2. The minimum Gasteiger partial charge on any atom is -0.490 e. The topological polar surface area (TPSA) is 97.6 Å². The smallest absolute Gasteiger partial charge is 0.259 e. The summed E-state index contributed by atoms with van der Waals surface area (Å²) in [7, 11) is 3.69. The van der Waals surface area contributed by atoms with Crippen LogP contribution in [0.5, 0.6) is 5.75 Å². The van der Waals surface area contributed by atoms with Crippen LogP contribution in [0, 0.1) is 0 Å². The quantitative estimate of drug-likeness (QED) is 0.839. The molecule has 3 N–H and O–H groups in total. The van der Waals surface area contributed by atoms with E-state index in [4.69, 9.17) is 10.5 Å². The summed E-state index contributed by atoms with van der Waals surface area (Å²) in [6.07, 6.45) is 3.02. The van der Waals surface area contributed by atoms with Gasteiger partial charge < -0.3 is 20.7 Å². The molecule has 132 valence electrons. The van der Waals surface area contributed by atoms with E-state index in [9.17, 15) is 9.59 Å². The minimum atomic E-state index is -0.623. The zero-order valence-electron chi connectivity index (χ0n) is 14.7. The van der Waals surface area contributed by atoms with Crippen molar-refractivity contribution < 1.29 is 14.3 Å². The average Bonchev–Trinajstić information content (AvgIpc) is 2.55. The molecule has 2 aromatic rings. The van der Waals surface area contributed by atoms with Gasteiger partial charge in [-0.25, -0.2) is 0 Å². The summed E-state index contributed by atoms with van der Waals surface area (Å²) in [5.41, 5.74) is 7.24. The maximum absolute atomic E-state index is 12.6. The van der Waals surface area contributed by atoms with Crippen LogP contribution in [0.1, 0.15) is 34.6 Å². The third-order valence-electron chi connectivity index (χ3n) is 3.39. The van der Waals surface area contributed by atoms with Crippen LogP contribution in [0.3, 0.4) is 0 Å². The molecule has 0 saturated carbocycles. The Morgan fingerprint density at radius 3 is 2.52 bits per heavy atom. The lowest BCUT2D eigenvalue weighted by Gasteiger charge is -2.17. The van der Waals surface area contributed by atoms with Crippen LogP contribution < -0.4 is 20.7 Å². The van der Waals surface area contributed by atoms with Crippen molar-refractivity contribution in [3.05, 3.63) is 47.8 Å². The Morgan fingerprint density at radius 2 is 1.92 bits per heavy atom. The first-order valence-electron chi connectivity index (χ1n) is 7.82. The third kappa shape index (κ3) is 4.47. The monoisotopic (exact) mass is 342 g/mol. The molecule has 7 heteroatoms. The first-order chi connectivity index (χ1) is 11.8. The van der Waals surface area contributed by atoms with Crippen molar-refractivity contribution >= 4 is 23.2 Å². The number of ether oxygens (including phenoxy) is 1. The highest BCUT2D eigenvalue weighted by Gasteiger charge is 2.16. The predicted octanol–water partition coefficient (Wildman–Crippen LogP) is 2.29. The summed E-state index contributed by atoms with van der Waals surface area (Å²) in [5.74, 6) is -0.567. The number of hydrogen-bond donors (Lipinski definition) is 2. The number of benzene rings is 1. The van der Waals surface area contributed by atoms with Gasteiger partial charge in [0.15, 0.2) is 0 Å². The number of carbonyl (C=O) groups is 2. The van der Waals surface area contributed by atoms with E-state index >= 15 is 0 Å². The number of nitrogens with one attached hydrogen (secondary N) is 1. The lowest BCUT2D eigenvalue weighted by Crippen LogP contribution is -2.20. The van der Waals surface area contributed by atoms with E-state index in [1.807, 2.05) is 32.8 Å². The zero-order chi connectivity index (χ0) is 18.6. The SMILES string of the molecule is CC(C)Oc1ccc(NC(=O)c2cnccc2N(C)C)cc1C(N)=O. The Balaban J connectivity index is 2.30. The molecule has 2 rings (SSSR count). The molecule has 7 nitrogen and oxygen atoms in total. The second-order valence-corrected chi connectivity index (χ2v) is 5.98. The maximum atomic E-state index is 12.6. The molecular weight excluding hydrogens is 320 g/mol. The normalized spacial score (nSPS) is 10.4. The summed E-state index contributed by atoms with van der Waals surface area (Å²) in [5, 5.41) is 2.76. The molecule has 0 spiro atoms. The van der Waals surface area contributed by atoms with Crippen LogP contribution in [-0.2, 0) is 0 Å². The molecule has 1 heterocycles.